The second-order valence-corrected chi connectivity index (χ2v) is 4.33. The van der Waals surface area contributed by atoms with Gasteiger partial charge in [0, 0.05) is 29.8 Å². The zero-order chi connectivity index (χ0) is 13.9. The molecule has 1 unspecified atom stereocenters. The smallest absolute Gasteiger partial charge is 0.228 e. The lowest BCUT2D eigenvalue weighted by Crippen LogP contribution is -2.21. The average molecular weight is 274 g/mol. The number of nitrogens with zero attached hydrogens (tertiary/aromatic N) is 1. The van der Waals surface area contributed by atoms with Gasteiger partial charge in [0.15, 0.2) is 0 Å². The van der Waals surface area contributed by atoms with E-state index in [4.69, 9.17) is 0 Å². The molecule has 100 valence electrons. The summed E-state index contributed by atoms with van der Waals surface area (Å²) in [4.78, 5) is 15.2. The molecule has 1 amide bonds. The van der Waals surface area contributed by atoms with E-state index in [1.54, 1.807) is 24.5 Å². The van der Waals surface area contributed by atoms with Crippen LogP contribution in [0.4, 0.5) is 5.69 Å². The molecule has 0 spiro atoms. The Morgan fingerprint density at radius 1 is 1.16 bits per heavy atom. The Bertz CT molecular complexity index is 435. The van der Waals surface area contributed by atoms with Crippen molar-refractivity contribution in [3.63, 3.8) is 0 Å². The molecule has 19 heavy (non-hydrogen) atoms. The van der Waals surface area contributed by atoms with E-state index in [-0.39, 0.29) is 11.8 Å². The van der Waals surface area contributed by atoms with Crippen molar-refractivity contribution in [3.8, 4) is 0 Å². The fraction of sp³-hybridized carbons (Fsp3) is 0.200. The molecular formula is C15H18N2OS. The van der Waals surface area contributed by atoms with Crippen LogP contribution in [0.5, 0.6) is 0 Å². The molecule has 1 N–H and O–H groups in total. The molecule has 0 aliphatic carbocycles. The summed E-state index contributed by atoms with van der Waals surface area (Å²) in [6.45, 7) is 1.84. The van der Waals surface area contributed by atoms with Gasteiger partial charge in [-0.15, -0.1) is 0 Å². The van der Waals surface area contributed by atoms with Crippen LogP contribution in [0.25, 0.3) is 0 Å². The quantitative estimate of drug-likeness (QED) is 0.843. The number of carbonyl (C=O) groups excluding carboxylic acids is 1. The maximum Gasteiger partial charge on any atom is 0.228 e. The molecular weight excluding hydrogens is 256 g/mol. The summed E-state index contributed by atoms with van der Waals surface area (Å²) in [7, 11) is 0. The molecule has 1 aromatic heterocycles. The summed E-state index contributed by atoms with van der Waals surface area (Å²) in [6, 6.07) is 15.5. The van der Waals surface area contributed by atoms with Gasteiger partial charge in [0.25, 0.3) is 0 Å². The first-order chi connectivity index (χ1) is 9.24. The molecule has 0 bridgehead atoms. The number of hydrogen-bond donors (Lipinski definition) is 2. The van der Waals surface area contributed by atoms with Gasteiger partial charge >= 0.3 is 0 Å². The third kappa shape index (κ3) is 6.62. The second-order valence-electron chi connectivity index (χ2n) is 3.96. The normalized spacial score (nSPS) is 10.8. The van der Waals surface area contributed by atoms with Gasteiger partial charge in [0.05, 0.1) is 0 Å². The average Bonchev–Trinajstić information content (AvgIpc) is 2.50. The van der Waals surface area contributed by atoms with E-state index in [1.165, 1.54) is 0 Å². The van der Waals surface area contributed by atoms with Crippen molar-refractivity contribution in [3.05, 3.63) is 60.9 Å². The monoisotopic (exact) mass is 274 g/mol. The molecule has 1 atom stereocenters. The van der Waals surface area contributed by atoms with Gasteiger partial charge in [-0.1, -0.05) is 43.3 Å². The van der Waals surface area contributed by atoms with E-state index >= 15 is 0 Å². The Kier molecular flexibility index (Phi) is 7.35. The van der Waals surface area contributed by atoms with E-state index in [0.717, 1.165) is 5.69 Å². The van der Waals surface area contributed by atoms with Crippen molar-refractivity contribution in [2.24, 2.45) is 5.92 Å². The van der Waals surface area contributed by atoms with Gasteiger partial charge < -0.3 is 5.32 Å². The number of amides is 1. The molecule has 1 aromatic carbocycles. The van der Waals surface area contributed by atoms with Gasteiger partial charge in [-0.2, -0.15) is 12.6 Å². The number of aromatic nitrogens is 1. The number of anilines is 1. The second kappa shape index (κ2) is 9.16. The minimum atomic E-state index is -0.0727. The van der Waals surface area contributed by atoms with Crippen LogP contribution in [-0.2, 0) is 4.79 Å². The molecule has 2 aromatic rings. The Balaban J connectivity index is 0.000000250. The van der Waals surface area contributed by atoms with Crippen LogP contribution < -0.4 is 5.32 Å². The van der Waals surface area contributed by atoms with Gasteiger partial charge in [-0.05, 0) is 12.1 Å². The first-order valence-corrected chi connectivity index (χ1v) is 6.69. The highest BCUT2D eigenvalue weighted by atomic mass is 32.1. The molecule has 2 rings (SSSR count). The summed E-state index contributed by atoms with van der Waals surface area (Å²) < 4.78 is 0. The van der Waals surface area contributed by atoms with Gasteiger partial charge in [0.2, 0.25) is 5.91 Å². The topological polar surface area (TPSA) is 42.0 Å². The maximum atomic E-state index is 11.4. The molecule has 0 radical (unpaired) electrons. The number of nitrogens with one attached hydrogen (secondary N) is 1. The Labute approximate surface area is 119 Å². The largest absolute Gasteiger partial charge is 0.326 e. The van der Waals surface area contributed by atoms with Crippen LogP contribution in [-0.4, -0.2) is 16.6 Å². The summed E-state index contributed by atoms with van der Waals surface area (Å²) in [5.41, 5.74) is 0.772. The lowest BCUT2D eigenvalue weighted by atomic mass is 10.2. The maximum absolute atomic E-state index is 11.4. The molecule has 0 fully saturated rings. The minimum Gasteiger partial charge on any atom is -0.326 e. The van der Waals surface area contributed by atoms with Gasteiger partial charge in [-0.25, -0.2) is 0 Å². The minimum absolute atomic E-state index is 0.0128. The van der Waals surface area contributed by atoms with Crippen LogP contribution in [0.1, 0.15) is 6.92 Å². The zero-order valence-corrected chi connectivity index (χ0v) is 11.8. The van der Waals surface area contributed by atoms with Crippen LogP contribution >= 0.6 is 12.6 Å². The first kappa shape index (κ1) is 15.2. The highest BCUT2D eigenvalue weighted by Crippen LogP contribution is 2.06. The lowest BCUT2D eigenvalue weighted by Gasteiger charge is -2.08. The Hall–Kier alpha value is -1.81. The van der Waals surface area contributed by atoms with E-state index in [2.05, 4.69) is 22.9 Å². The predicted molar refractivity (Wildman–Crippen MR) is 82.3 cm³/mol. The van der Waals surface area contributed by atoms with Crippen molar-refractivity contribution in [2.45, 2.75) is 6.92 Å². The van der Waals surface area contributed by atoms with Crippen LogP contribution in [0, 0.1) is 5.92 Å². The SMILES string of the molecule is CC(CS)C(=O)Nc1ccncc1.c1ccccc1. The van der Waals surface area contributed by atoms with Crippen molar-refractivity contribution < 1.29 is 4.79 Å². The third-order valence-corrected chi connectivity index (χ3v) is 2.88. The lowest BCUT2D eigenvalue weighted by molar-refractivity contribution is -0.118. The van der Waals surface area contributed by atoms with Crippen LogP contribution in [0.2, 0.25) is 0 Å². The molecule has 4 heteroatoms. The molecule has 0 aliphatic heterocycles. The molecule has 0 aliphatic rings. The van der Waals surface area contributed by atoms with Crippen LogP contribution in [0.3, 0.4) is 0 Å². The van der Waals surface area contributed by atoms with E-state index < -0.39 is 0 Å². The summed E-state index contributed by atoms with van der Waals surface area (Å²) in [5, 5.41) is 2.76. The Morgan fingerprint density at radius 3 is 2.05 bits per heavy atom. The van der Waals surface area contributed by atoms with Crippen molar-refractivity contribution in [2.75, 3.05) is 11.1 Å². The number of benzene rings is 1. The molecule has 3 nitrogen and oxygen atoms in total. The molecule has 1 heterocycles. The van der Waals surface area contributed by atoms with Gasteiger partial charge in [0.1, 0.15) is 0 Å². The number of carbonyl (C=O) groups is 1. The number of thiol groups is 1. The molecule has 0 saturated heterocycles. The Morgan fingerprint density at radius 2 is 1.63 bits per heavy atom. The summed E-state index contributed by atoms with van der Waals surface area (Å²) in [5.74, 6) is 0.467. The molecule has 0 saturated carbocycles. The number of hydrogen-bond acceptors (Lipinski definition) is 3. The van der Waals surface area contributed by atoms with Crippen molar-refractivity contribution >= 4 is 24.2 Å². The fourth-order valence-corrected chi connectivity index (χ4v) is 1.33. The first-order valence-electron chi connectivity index (χ1n) is 6.06. The third-order valence-electron chi connectivity index (χ3n) is 2.34. The standard InChI is InChI=1S/C9H12N2OS.C6H6/c1-7(6-13)9(12)11-8-2-4-10-5-3-8;1-2-4-6-5-3-1/h2-5,7,13H,6H2,1H3,(H,10,11,12);1-6H. The van der Waals surface area contributed by atoms with Crippen molar-refractivity contribution in [1.82, 2.24) is 4.98 Å². The highest BCUT2D eigenvalue weighted by Gasteiger charge is 2.10. The summed E-state index contributed by atoms with van der Waals surface area (Å²) in [6.07, 6.45) is 3.28. The predicted octanol–water partition coefficient (Wildman–Crippen LogP) is 3.27. The highest BCUT2D eigenvalue weighted by molar-refractivity contribution is 7.80. The van der Waals surface area contributed by atoms with E-state index in [1.807, 2.05) is 43.3 Å². The van der Waals surface area contributed by atoms with Crippen molar-refractivity contribution in [1.29, 1.82) is 0 Å². The van der Waals surface area contributed by atoms with E-state index in [9.17, 15) is 4.79 Å². The zero-order valence-electron chi connectivity index (χ0n) is 10.9. The summed E-state index contributed by atoms with van der Waals surface area (Å²) >= 11 is 4.05. The fourth-order valence-electron chi connectivity index (χ4n) is 1.17. The van der Waals surface area contributed by atoms with E-state index in [0.29, 0.717) is 5.75 Å². The van der Waals surface area contributed by atoms with Crippen LogP contribution in [0.15, 0.2) is 60.9 Å². The van der Waals surface area contributed by atoms with Gasteiger partial charge in [-0.3, -0.25) is 9.78 Å². The number of rotatable bonds is 3. The number of pyridine rings is 1.